The van der Waals surface area contributed by atoms with E-state index in [0.717, 1.165) is 31.5 Å². The number of carbonyl (C=O) groups is 1. The third-order valence-electron chi connectivity index (χ3n) is 5.52. The summed E-state index contributed by atoms with van der Waals surface area (Å²) in [5, 5.41) is 7.75. The van der Waals surface area contributed by atoms with Gasteiger partial charge in [-0.2, -0.15) is 18.3 Å². The molecule has 1 atom stereocenters. The second-order valence-corrected chi connectivity index (χ2v) is 9.70. The van der Waals surface area contributed by atoms with Crippen molar-refractivity contribution < 1.29 is 26.4 Å². The molecule has 0 spiro atoms. The second-order valence-electron chi connectivity index (χ2n) is 8.02. The van der Waals surface area contributed by atoms with Gasteiger partial charge in [0.1, 0.15) is 0 Å². The quantitative estimate of drug-likeness (QED) is 0.351. The van der Waals surface area contributed by atoms with E-state index < -0.39 is 21.8 Å². The zero-order valence-electron chi connectivity index (χ0n) is 18.3. The summed E-state index contributed by atoms with van der Waals surface area (Å²) in [4.78, 5) is 16.3. The maximum Gasteiger partial charge on any atom is 0.416 e. The maximum absolute atomic E-state index is 12.8. The van der Waals surface area contributed by atoms with Crippen LogP contribution in [0, 0.1) is 5.92 Å². The lowest BCUT2D eigenvalue weighted by Gasteiger charge is -2.20. The van der Waals surface area contributed by atoms with Crippen molar-refractivity contribution in [2.75, 3.05) is 17.8 Å². The summed E-state index contributed by atoms with van der Waals surface area (Å²) >= 11 is 0. The topological polar surface area (TPSA) is 113 Å². The van der Waals surface area contributed by atoms with Crippen LogP contribution in [-0.2, 0) is 21.0 Å². The van der Waals surface area contributed by atoms with Crippen LogP contribution in [0.4, 0.5) is 18.9 Å². The van der Waals surface area contributed by atoms with E-state index in [1.54, 1.807) is 24.3 Å². The van der Waals surface area contributed by atoms with Crippen LogP contribution in [0.1, 0.15) is 24.1 Å². The standard InChI is InChI=1S/C23H22F3N5O3S/c24-23(25,26)17-7-10-19(11-8-17)35(33,34)31-20-5-1-3-15-6-9-18(29-21(15)20)14-28-30-22(32)16-4-2-12-27-13-16/h1,3,5-11,14,16,27,31H,2,4,12-13H2,(H,30,32)/b28-14+. The van der Waals surface area contributed by atoms with Crippen LogP contribution in [0.3, 0.4) is 0 Å². The van der Waals surface area contributed by atoms with Gasteiger partial charge in [-0.15, -0.1) is 0 Å². The molecule has 0 saturated carbocycles. The predicted molar refractivity (Wildman–Crippen MR) is 125 cm³/mol. The molecule has 12 heteroatoms. The van der Waals surface area contributed by atoms with Crippen LogP contribution in [0.15, 0.2) is 64.6 Å². The molecule has 1 aliphatic heterocycles. The number of piperidine rings is 1. The molecule has 0 bridgehead atoms. The van der Waals surface area contributed by atoms with E-state index in [2.05, 4.69) is 25.6 Å². The lowest BCUT2D eigenvalue weighted by molar-refractivity contribution is -0.137. The van der Waals surface area contributed by atoms with Crippen LogP contribution >= 0.6 is 0 Å². The zero-order chi connectivity index (χ0) is 25.1. The second kappa shape index (κ2) is 10.0. The first-order valence-electron chi connectivity index (χ1n) is 10.8. The van der Waals surface area contributed by atoms with E-state index in [-0.39, 0.29) is 22.4 Å². The van der Waals surface area contributed by atoms with Crippen LogP contribution in [0.25, 0.3) is 10.9 Å². The number of carbonyl (C=O) groups excluding carboxylic acids is 1. The van der Waals surface area contributed by atoms with Gasteiger partial charge in [0.05, 0.1) is 39.5 Å². The molecule has 1 saturated heterocycles. The van der Waals surface area contributed by atoms with Crippen molar-refractivity contribution in [2.24, 2.45) is 11.0 Å². The van der Waals surface area contributed by atoms with Crippen molar-refractivity contribution in [3.8, 4) is 0 Å². The maximum atomic E-state index is 12.8. The molecule has 2 heterocycles. The summed E-state index contributed by atoms with van der Waals surface area (Å²) < 4.78 is 66.3. The van der Waals surface area contributed by atoms with Gasteiger partial charge in [-0.3, -0.25) is 9.52 Å². The smallest absolute Gasteiger partial charge is 0.316 e. The number of anilines is 1. The number of rotatable bonds is 6. The highest BCUT2D eigenvalue weighted by Crippen LogP contribution is 2.30. The molecule has 3 N–H and O–H groups in total. The van der Waals surface area contributed by atoms with Gasteiger partial charge in [0, 0.05) is 11.9 Å². The highest BCUT2D eigenvalue weighted by atomic mass is 32.2. The summed E-state index contributed by atoms with van der Waals surface area (Å²) in [5.41, 5.74) is 2.39. The van der Waals surface area contributed by atoms with Gasteiger partial charge >= 0.3 is 6.18 Å². The molecule has 3 aromatic rings. The number of amides is 1. The molecule has 1 unspecified atom stereocenters. The molecule has 184 valence electrons. The van der Waals surface area contributed by atoms with Crippen molar-refractivity contribution in [3.05, 3.63) is 65.9 Å². The van der Waals surface area contributed by atoms with Gasteiger partial charge in [0.2, 0.25) is 5.91 Å². The zero-order valence-corrected chi connectivity index (χ0v) is 19.2. The molecular formula is C23H22F3N5O3S. The molecule has 1 aromatic heterocycles. The van der Waals surface area contributed by atoms with E-state index >= 15 is 0 Å². The number of sulfonamides is 1. The van der Waals surface area contributed by atoms with Gasteiger partial charge in [-0.1, -0.05) is 18.2 Å². The summed E-state index contributed by atoms with van der Waals surface area (Å²) in [7, 11) is -4.17. The van der Waals surface area contributed by atoms with Crippen molar-refractivity contribution >= 4 is 38.7 Å². The predicted octanol–water partition coefficient (Wildman–Crippen LogP) is 3.50. The Labute approximate surface area is 199 Å². The number of benzene rings is 2. The van der Waals surface area contributed by atoms with Gasteiger partial charge in [-0.05, 0) is 55.8 Å². The number of hydrogen-bond donors (Lipinski definition) is 3. The Balaban J connectivity index is 1.53. The molecule has 8 nitrogen and oxygen atoms in total. The van der Waals surface area contributed by atoms with Crippen molar-refractivity contribution in [1.29, 1.82) is 0 Å². The minimum atomic E-state index is -4.57. The number of alkyl halides is 3. The van der Waals surface area contributed by atoms with Crippen LogP contribution < -0.4 is 15.5 Å². The number of halogens is 3. The lowest BCUT2D eigenvalue weighted by Crippen LogP contribution is -2.38. The molecule has 1 aliphatic rings. The number of para-hydroxylation sites is 1. The van der Waals surface area contributed by atoms with Gasteiger partial charge < -0.3 is 5.32 Å². The van der Waals surface area contributed by atoms with Crippen molar-refractivity contribution in [3.63, 3.8) is 0 Å². The SMILES string of the molecule is O=C(N/N=C/c1ccc2cccc(NS(=O)(=O)c3ccc(C(F)(F)F)cc3)c2n1)C1CCCNC1. The first-order valence-corrected chi connectivity index (χ1v) is 12.3. The number of nitrogens with zero attached hydrogens (tertiary/aromatic N) is 2. The highest BCUT2D eigenvalue weighted by Gasteiger charge is 2.30. The third kappa shape index (κ3) is 5.95. The number of hydrazone groups is 1. The normalized spacial score (nSPS) is 16.9. The van der Waals surface area contributed by atoms with E-state index in [0.29, 0.717) is 35.3 Å². The average molecular weight is 506 g/mol. The Kier molecular flexibility index (Phi) is 7.03. The van der Waals surface area contributed by atoms with Crippen LogP contribution in [-0.4, -0.2) is 38.6 Å². The van der Waals surface area contributed by atoms with E-state index in [1.807, 2.05) is 0 Å². The minimum absolute atomic E-state index is 0.148. The van der Waals surface area contributed by atoms with E-state index in [1.165, 1.54) is 12.3 Å². The molecule has 4 rings (SSSR count). The minimum Gasteiger partial charge on any atom is -0.316 e. The van der Waals surface area contributed by atoms with Gasteiger partial charge in [0.25, 0.3) is 10.0 Å². The number of aromatic nitrogens is 1. The third-order valence-corrected chi connectivity index (χ3v) is 6.90. The van der Waals surface area contributed by atoms with Gasteiger partial charge in [-0.25, -0.2) is 18.8 Å². The first-order chi connectivity index (χ1) is 16.6. The number of hydrogen-bond acceptors (Lipinski definition) is 6. The lowest BCUT2D eigenvalue weighted by atomic mass is 9.99. The molecule has 0 aliphatic carbocycles. The molecule has 35 heavy (non-hydrogen) atoms. The Morgan fingerprint density at radius 3 is 2.57 bits per heavy atom. The molecule has 2 aromatic carbocycles. The molecule has 1 fully saturated rings. The summed E-state index contributed by atoms with van der Waals surface area (Å²) in [6.45, 7) is 1.48. The molecular weight excluding hydrogens is 483 g/mol. The largest absolute Gasteiger partial charge is 0.416 e. The summed E-state index contributed by atoms with van der Waals surface area (Å²) in [6, 6.07) is 11.4. The fraction of sp³-hybridized carbons (Fsp3) is 0.261. The Bertz CT molecular complexity index is 1350. The number of nitrogens with one attached hydrogen (secondary N) is 3. The van der Waals surface area contributed by atoms with E-state index in [9.17, 15) is 26.4 Å². The Morgan fingerprint density at radius 1 is 1.11 bits per heavy atom. The van der Waals surface area contributed by atoms with Crippen molar-refractivity contribution in [1.82, 2.24) is 15.7 Å². The molecule has 1 amide bonds. The highest BCUT2D eigenvalue weighted by molar-refractivity contribution is 7.92. The Morgan fingerprint density at radius 2 is 1.89 bits per heavy atom. The van der Waals surface area contributed by atoms with Crippen LogP contribution in [0.5, 0.6) is 0 Å². The fourth-order valence-electron chi connectivity index (χ4n) is 3.67. The molecule has 0 radical (unpaired) electrons. The first kappa shape index (κ1) is 24.6. The van der Waals surface area contributed by atoms with Crippen molar-refractivity contribution in [2.45, 2.75) is 23.9 Å². The Hall–Kier alpha value is -3.51. The number of fused-ring (bicyclic) bond motifs is 1. The van der Waals surface area contributed by atoms with E-state index in [4.69, 9.17) is 0 Å². The average Bonchev–Trinajstić information content (AvgIpc) is 2.84. The van der Waals surface area contributed by atoms with Crippen LogP contribution in [0.2, 0.25) is 0 Å². The summed E-state index contributed by atoms with van der Waals surface area (Å²) in [6.07, 6.45) is -1.51. The monoisotopic (exact) mass is 505 g/mol. The van der Waals surface area contributed by atoms with Gasteiger partial charge in [0.15, 0.2) is 0 Å². The summed E-state index contributed by atoms with van der Waals surface area (Å²) in [5.74, 6) is -0.351. The number of pyridine rings is 1. The fourth-order valence-corrected chi connectivity index (χ4v) is 4.74.